The van der Waals surface area contributed by atoms with Gasteiger partial charge in [-0.15, -0.1) is 0 Å². The van der Waals surface area contributed by atoms with Crippen LogP contribution in [0.3, 0.4) is 0 Å². The molecular weight excluding hydrogens is 526 g/mol. The van der Waals surface area contributed by atoms with Crippen LogP contribution in [0.25, 0.3) is 17.0 Å². The lowest BCUT2D eigenvalue weighted by Gasteiger charge is -2.34. The molecule has 0 saturated carbocycles. The van der Waals surface area contributed by atoms with E-state index in [0.29, 0.717) is 0 Å². The van der Waals surface area contributed by atoms with Crippen molar-refractivity contribution in [2.75, 3.05) is 86.7 Å². The number of carbonyl (C=O) groups is 1. The first-order valence-corrected chi connectivity index (χ1v) is 15.3. The van der Waals surface area contributed by atoms with Gasteiger partial charge in [0.2, 0.25) is 5.91 Å². The highest BCUT2D eigenvalue weighted by atomic mass is 16.5. The van der Waals surface area contributed by atoms with Crippen LogP contribution >= 0.6 is 0 Å². The summed E-state index contributed by atoms with van der Waals surface area (Å²) >= 11 is 0. The normalized spacial score (nSPS) is 17.4. The van der Waals surface area contributed by atoms with Gasteiger partial charge in [0.1, 0.15) is 11.5 Å². The van der Waals surface area contributed by atoms with Gasteiger partial charge >= 0.3 is 0 Å². The number of fused-ring (bicyclic) bond motifs is 1. The zero-order valence-electron chi connectivity index (χ0n) is 25.8. The molecule has 0 spiro atoms. The largest absolute Gasteiger partial charge is 0.497 e. The molecule has 1 amide bonds. The fraction of sp³-hybridized carbons (Fsp3) is 0.500. The van der Waals surface area contributed by atoms with Crippen molar-refractivity contribution in [3.05, 3.63) is 65.4 Å². The van der Waals surface area contributed by atoms with Crippen molar-refractivity contribution in [2.45, 2.75) is 26.3 Å². The average Bonchev–Trinajstić information content (AvgIpc) is 3.29. The Kier molecular flexibility index (Phi) is 10.2. The number of likely N-dealkylation sites (N-methyl/N-ethyl adjacent to an activating group) is 1. The Morgan fingerprint density at radius 1 is 0.833 bits per heavy atom. The smallest absolute Gasteiger partial charge is 0.246 e. The molecule has 5 rings (SSSR count). The molecule has 0 atom stereocenters. The van der Waals surface area contributed by atoms with E-state index in [1.807, 2.05) is 29.2 Å². The summed E-state index contributed by atoms with van der Waals surface area (Å²) in [5, 5.41) is 1.14. The van der Waals surface area contributed by atoms with Crippen LogP contribution in [0.2, 0.25) is 0 Å². The molecule has 3 heterocycles. The van der Waals surface area contributed by atoms with E-state index in [1.54, 1.807) is 20.3 Å². The van der Waals surface area contributed by atoms with E-state index < -0.39 is 0 Å². The SMILES string of the molecule is COc1cccc(CCN2CCN(C(=O)C=Cc3c(C)n(CCCN4CCN(C)CC4)c4ccc(OC)cc34)CC2)c1. The lowest BCUT2D eigenvalue weighted by molar-refractivity contribution is -0.127. The van der Waals surface area contributed by atoms with Gasteiger partial charge in [0.15, 0.2) is 0 Å². The summed E-state index contributed by atoms with van der Waals surface area (Å²) in [6, 6.07) is 14.6. The van der Waals surface area contributed by atoms with Crippen LogP contribution < -0.4 is 9.47 Å². The van der Waals surface area contributed by atoms with Gasteiger partial charge in [-0.25, -0.2) is 0 Å². The summed E-state index contributed by atoms with van der Waals surface area (Å²) in [5.41, 5.74) is 4.78. The van der Waals surface area contributed by atoms with Crippen LogP contribution in [0.1, 0.15) is 23.2 Å². The van der Waals surface area contributed by atoms with Crippen molar-refractivity contribution in [3.63, 3.8) is 0 Å². The molecule has 2 fully saturated rings. The van der Waals surface area contributed by atoms with Crippen molar-refractivity contribution in [2.24, 2.45) is 0 Å². The second kappa shape index (κ2) is 14.2. The van der Waals surface area contributed by atoms with Crippen LogP contribution in [0.15, 0.2) is 48.5 Å². The molecule has 226 valence electrons. The Morgan fingerprint density at radius 3 is 2.26 bits per heavy atom. The average molecular weight is 574 g/mol. The lowest BCUT2D eigenvalue weighted by atomic mass is 10.1. The number of carbonyl (C=O) groups excluding carboxylic acids is 1. The number of hydrogen-bond donors (Lipinski definition) is 0. The molecule has 42 heavy (non-hydrogen) atoms. The molecule has 3 aromatic rings. The van der Waals surface area contributed by atoms with Gasteiger partial charge in [-0.1, -0.05) is 12.1 Å². The molecule has 0 unspecified atom stereocenters. The zero-order valence-corrected chi connectivity index (χ0v) is 25.8. The van der Waals surface area contributed by atoms with Crippen LogP contribution in [-0.2, 0) is 17.8 Å². The summed E-state index contributed by atoms with van der Waals surface area (Å²) in [4.78, 5) is 22.6. The van der Waals surface area contributed by atoms with E-state index in [9.17, 15) is 4.79 Å². The molecule has 0 bridgehead atoms. The Labute approximate surface area is 251 Å². The fourth-order valence-corrected chi connectivity index (χ4v) is 6.20. The Bertz CT molecular complexity index is 1370. The van der Waals surface area contributed by atoms with Crippen molar-refractivity contribution in [3.8, 4) is 11.5 Å². The monoisotopic (exact) mass is 573 g/mol. The molecule has 1 aromatic heterocycles. The Hall–Kier alpha value is -3.33. The maximum atomic E-state index is 13.2. The Balaban J connectivity index is 1.20. The molecule has 2 aromatic carbocycles. The predicted molar refractivity (Wildman–Crippen MR) is 171 cm³/mol. The van der Waals surface area contributed by atoms with Crippen molar-refractivity contribution in [1.29, 1.82) is 0 Å². The highest BCUT2D eigenvalue weighted by Gasteiger charge is 2.20. The third-order valence-corrected chi connectivity index (χ3v) is 8.96. The van der Waals surface area contributed by atoms with E-state index in [4.69, 9.17) is 9.47 Å². The zero-order chi connectivity index (χ0) is 29.5. The molecule has 0 radical (unpaired) electrons. The van der Waals surface area contributed by atoms with Crippen LogP contribution in [0.4, 0.5) is 0 Å². The van der Waals surface area contributed by atoms with Crippen LogP contribution in [0.5, 0.6) is 11.5 Å². The van der Waals surface area contributed by atoms with E-state index in [2.05, 4.69) is 57.5 Å². The van der Waals surface area contributed by atoms with E-state index in [0.717, 1.165) is 107 Å². The first-order valence-electron chi connectivity index (χ1n) is 15.3. The van der Waals surface area contributed by atoms with Gasteiger partial charge in [-0.05, 0) is 75.3 Å². The van der Waals surface area contributed by atoms with Gasteiger partial charge in [-0.2, -0.15) is 0 Å². The summed E-state index contributed by atoms with van der Waals surface area (Å²) in [5.74, 6) is 1.82. The van der Waals surface area contributed by atoms with Crippen molar-refractivity contribution >= 4 is 22.9 Å². The number of ether oxygens (including phenoxy) is 2. The molecule has 8 heteroatoms. The molecular formula is C34H47N5O3. The van der Waals surface area contributed by atoms with E-state index in [-0.39, 0.29) is 5.91 Å². The maximum Gasteiger partial charge on any atom is 0.246 e. The molecule has 0 N–H and O–H groups in total. The number of piperazine rings is 2. The number of benzene rings is 2. The van der Waals surface area contributed by atoms with Gasteiger partial charge in [0, 0.05) is 93.7 Å². The standard InChI is InChI=1S/C34H47N5O3/c1-27-31(10-12-34(40)38-23-21-37(22-24-38)16-13-28-7-5-8-29(25-28)41-3)32-26-30(42-4)9-11-33(32)39(27)15-6-14-36-19-17-35(2)18-20-36/h5,7-12,25-26H,6,13-24H2,1-4H3. The number of aromatic nitrogens is 1. The molecule has 2 aliphatic heterocycles. The third kappa shape index (κ3) is 7.35. The van der Waals surface area contributed by atoms with Gasteiger partial charge in [-0.3, -0.25) is 9.69 Å². The number of methoxy groups -OCH3 is 2. The molecule has 2 saturated heterocycles. The molecule has 8 nitrogen and oxygen atoms in total. The highest BCUT2D eigenvalue weighted by Crippen LogP contribution is 2.31. The minimum absolute atomic E-state index is 0.0840. The van der Waals surface area contributed by atoms with Crippen LogP contribution in [0, 0.1) is 6.92 Å². The molecule has 0 aliphatic carbocycles. The van der Waals surface area contributed by atoms with Gasteiger partial charge < -0.3 is 28.7 Å². The minimum Gasteiger partial charge on any atom is -0.497 e. The first-order chi connectivity index (χ1) is 20.4. The van der Waals surface area contributed by atoms with Crippen LogP contribution in [-0.4, -0.2) is 117 Å². The quantitative estimate of drug-likeness (QED) is 0.323. The summed E-state index contributed by atoms with van der Waals surface area (Å²) in [7, 11) is 5.61. The molecule has 2 aliphatic rings. The first kappa shape index (κ1) is 30.1. The minimum atomic E-state index is 0.0840. The second-order valence-electron chi connectivity index (χ2n) is 11.6. The number of amides is 1. The Morgan fingerprint density at radius 2 is 1.52 bits per heavy atom. The van der Waals surface area contributed by atoms with Crippen molar-refractivity contribution in [1.82, 2.24) is 24.2 Å². The fourth-order valence-electron chi connectivity index (χ4n) is 6.20. The summed E-state index contributed by atoms with van der Waals surface area (Å²) in [6.45, 7) is 13.1. The number of hydrogen-bond acceptors (Lipinski definition) is 6. The van der Waals surface area contributed by atoms with Crippen molar-refractivity contribution < 1.29 is 14.3 Å². The lowest BCUT2D eigenvalue weighted by Crippen LogP contribution is -2.48. The number of rotatable bonds is 11. The van der Waals surface area contributed by atoms with Gasteiger partial charge in [0.05, 0.1) is 14.2 Å². The number of aryl methyl sites for hydroxylation is 1. The van der Waals surface area contributed by atoms with E-state index >= 15 is 0 Å². The van der Waals surface area contributed by atoms with E-state index in [1.165, 1.54) is 16.8 Å². The predicted octanol–water partition coefficient (Wildman–Crippen LogP) is 4.00. The topological polar surface area (TPSA) is 53.4 Å². The summed E-state index contributed by atoms with van der Waals surface area (Å²) in [6.07, 6.45) is 5.87. The third-order valence-electron chi connectivity index (χ3n) is 8.96. The second-order valence-corrected chi connectivity index (χ2v) is 11.6. The summed E-state index contributed by atoms with van der Waals surface area (Å²) < 4.78 is 13.3. The van der Waals surface area contributed by atoms with Gasteiger partial charge in [0.25, 0.3) is 0 Å². The number of nitrogens with zero attached hydrogens (tertiary/aromatic N) is 5. The highest BCUT2D eigenvalue weighted by molar-refractivity contribution is 5.98. The maximum absolute atomic E-state index is 13.2.